The second-order valence-electron chi connectivity index (χ2n) is 4.81. The van der Waals surface area contributed by atoms with E-state index in [1.807, 2.05) is 0 Å². The number of hydrogen-bond acceptors (Lipinski definition) is 5. The van der Waals surface area contributed by atoms with E-state index in [4.69, 9.17) is 11.6 Å². The SMILES string of the molecule is O=C1S/C(=C\c2ccccc2[N+](=O)[O-])C(=O)N1c1ccc(Cl)cc1. The van der Waals surface area contributed by atoms with E-state index >= 15 is 0 Å². The van der Waals surface area contributed by atoms with Crippen molar-refractivity contribution in [3.8, 4) is 0 Å². The number of para-hydroxylation sites is 1. The van der Waals surface area contributed by atoms with E-state index in [9.17, 15) is 19.7 Å². The minimum atomic E-state index is -0.532. The number of nitro benzene ring substituents is 1. The van der Waals surface area contributed by atoms with Crippen molar-refractivity contribution in [2.75, 3.05) is 4.90 Å². The molecule has 3 rings (SSSR count). The average Bonchev–Trinajstić information content (AvgIpc) is 2.83. The Bertz CT molecular complexity index is 880. The summed E-state index contributed by atoms with van der Waals surface area (Å²) in [4.78, 5) is 36.3. The summed E-state index contributed by atoms with van der Waals surface area (Å²) in [5.74, 6) is -0.523. The van der Waals surface area contributed by atoms with E-state index in [-0.39, 0.29) is 16.2 Å². The number of halogens is 1. The molecule has 1 aliphatic heterocycles. The molecule has 1 heterocycles. The standard InChI is InChI=1S/C16H9ClN2O4S/c17-11-5-7-12(8-6-11)18-15(20)14(24-16(18)21)9-10-3-1-2-4-13(10)19(22)23/h1-9H/b14-9-. The summed E-state index contributed by atoms with van der Waals surface area (Å²) >= 11 is 6.54. The van der Waals surface area contributed by atoms with Gasteiger partial charge in [0.1, 0.15) is 0 Å². The van der Waals surface area contributed by atoms with E-state index in [0.29, 0.717) is 10.7 Å². The van der Waals surface area contributed by atoms with E-state index in [1.54, 1.807) is 30.3 Å². The molecule has 8 heteroatoms. The number of benzene rings is 2. The first-order valence-corrected chi connectivity index (χ1v) is 7.94. The maximum absolute atomic E-state index is 12.5. The number of anilines is 1. The highest BCUT2D eigenvalue weighted by molar-refractivity contribution is 8.19. The third-order valence-electron chi connectivity index (χ3n) is 3.30. The molecule has 0 saturated carbocycles. The molecule has 0 radical (unpaired) electrons. The van der Waals surface area contributed by atoms with Crippen LogP contribution in [0.15, 0.2) is 53.4 Å². The van der Waals surface area contributed by atoms with Gasteiger partial charge in [0, 0.05) is 11.1 Å². The summed E-state index contributed by atoms with van der Waals surface area (Å²) in [6.45, 7) is 0. The van der Waals surface area contributed by atoms with Crippen molar-refractivity contribution in [2.45, 2.75) is 0 Å². The molecule has 0 unspecified atom stereocenters. The maximum atomic E-state index is 12.5. The highest BCUT2D eigenvalue weighted by Gasteiger charge is 2.36. The third-order valence-corrected chi connectivity index (χ3v) is 4.42. The van der Waals surface area contributed by atoms with Gasteiger partial charge in [-0.3, -0.25) is 19.7 Å². The molecule has 1 fully saturated rings. The topological polar surface area (TPSA) is 80.5 Å². The van der Waals surface area contributed by atoms with Gasteiger partial charge < -0.3 is 0 Å². The monoisotopic (exact) mass is 360 g/mol. The second kappa shape index (κ2) is 6.46. The van der Waals surface area contributed by atoms with Crippen LogP contribution in [0.5, 0.6) is 0 Å². The van der Waals surface area contributed by atoms with Gasteiger partial charge in [-0.15, -0.1) is 0 Å². The predicted octanol–water partition coefficient (Wildman–Crippen LogP) is 4.49. The molecule has 2 amide bonds. The van der Waals surface area contributed by atoms with Gasteiger partial charge in [0.2, 0.25) is 0 Å². The van der Waals surface area contributed by atoms with E-state index < -0.39 is 16.1 Å². The van der Waals surface area contributed by atoms with Crippen molar-refractivity contribution in [3.05, 3.63) is 74.1 Å². The molecular weight excluding hydrogens is 352 g/mol. The van der Waals surface area contributed by atoms with Crippen LogP contribution in [0, 0.1) is 10.1 Å². The number of carbonyl (C=O) groups excluding carboxylic acids is 2. The molecule has 24 heavy (non-hydrogen) atoms. The van der Waals surface area contributed by atoms with Gasteiger partial charge in [-0.2, -0.15) is 0 Å². The Hall–Kier alpha value is -2.64. The first-order chi connectivity index (χ1) is 11.5. The summed E-state index contributed by atoms with van der Waals surface area (Å²) in [5.41, 5.74) is 0.535. The zero-order chi connectivity index (χ0) is 17.3. The number of nitro groups is 1. The lowest BCUT2D eigenvalue weighted by molar-refractivity contribution is -0.385. The molecule has 6 nitrogen and oxygen atoms in total. The smallest absolute Gasteiger partial charge is 0.268 e. The van der Waals surface area contributed by atoms with Crippen molar-refractivity contribution >= 4 is 52.0 Å². The number of rotatable bonds is 3. The molecule has 2 aromatic rings. The summed E-state index contributed by atoms with van der Waals surface area (Å²) in [7, 11) is 0. The van der Waals surface area contributed by atoms with Crippen molar-refractivity contribution in [1.29, 1.82) is 0 Å². The van der Waals surface area contributed by atoms with Crippen LogP contribution >= 0.6 is 23.4 Å². The van der Waals surface area contributed by atoms with Crippen LogP contribution < -0.4 is 4.90 Å². The molecule has 0 spiro atoms. The Morgan fingerprint density at radius 3 is 2.42 bits per heavy atom. The fraction of sp³-hybridized carbons (Fsp3) is 0. The number of nitrogens with zero attached hydrogens (tertiary/aromatic N) is 2. The van der Waals surface area contributed by atoms with Crippen LogP contribution in [0.4, 0.5) is 16.2 Å². The maximum Gasteiger partial charge on any atom is 0.298 e. The van der Waals surface area contributed by atoms with Crippen molar-refractivity contribution in [1.82, 2.24) is 0 Å². The van der Waals surface area contributed by atoms with Gasteiger partial charge in [-0.05, 0) is 48.2 Å². The normalized spacial score (nSPS) is 16.0. The number of carbonyl (C=O) groups is 2. The van der Waals surface area contributed by atoms with Gasteiger partial charge in [-0.1, -0.05) is 23.7 Å². The Kier molecular flexibility index (Phi) is 4.37. The lowest BCUT2D eigenvalue weighted by atomic mass is 10.1. The quantitative estimate of drug-likeness (QED) is 0.457. The zero-order valence-corrected chi connectivity index (χ0v) is 13.6. The van der Waals surface area contributed by atoms with Crippen molar-refractivity contribution in [3.63, 3.8) is 0 Å². The molecular formula is C16H9ClN2O4S. The lowest BCUT2D eigenvalue weighted by Crippen LogP contribution is -2.27. The molecule has 0 atom stereocenters. The van der Waals surface area contributed by atoms with Crippen LogP contribution in [-0.4, -0.2) is 16.1 Å². The van der Waals surface area contributed by atoms with E-state index in [1.165, 1.54) is 24.3 Å². The van der Waals surface area contributed by atoms with E-state index in [0.717, 1.165) is 16.7 Å². The van der Waals surface area contributed by atoms with Crippen LogP contribution in [0.25, 0.3) is 6.08 Å². The molecule has 0 aliphatic carbocycles. The first kappa shape index (κ1) is 16.2. The average molecular weight is 361 g/mol. The van der Waals surface area contributed by atoms with Gasteiger partial charge in [0.15, 0.2) is 0 Å². The Labute approximate surface area is 145 Å². The van der Waals surface area contributed by atoms with Crippen LogP contribution in [-0.2, 0) is 4.79 Å². The molecule has 1 saturated heterocycles. The predicted molar refractivity (Wildman–Crippen MR) is 93.0 cm³/mol. The second-order valence-corrected chi connectivity index (χ2v) is 6.24. The summed E-state index contributed by atoms with van der Waals surface area (Å²) < 4.78 is 0. The highest BCUT2D eigenvalue weighted by Crippen LogP contribution is 2.37. The van der Waals surface area contributed by atoms with Gasteiger partial charge in [0.05, 0.1) is 21.1 Å². The minimum Gasteiger partial charge on any atom is -0.268 e. The lowest BCUT2D eigenvalue weighted by Gasteiger charge is -2.12. The molecule has 0 N–H and O–H groups in total. The van der Waals surface area contributed by atoms with Crippen LogP contribution in [0.2, 0.25) is 5.02 Å². The van der Waals surface area contributed by atoms with Gasteiger partial charge in [-0.25, -0.2) is 4.90 Å². The van der Waals surface area contributed by atoms with Gasteiger partial charge in [0.25, 0.3) is 16.8 Å². The Balaban J connectivity index is 1.97. The molecule has 2 aromatic carbocycles. The largest absolute Gasteiger partial charge is 0.298 e. The summed E-state index contributed by atoms with van der Waals surface area (Å²) in [5, 5.41) is 11.1. The molecule has 0 aromatic heterocycles. The molecule has 0 bridgehead atoms. The van der Waals surface area contributed by atoms with Crippen LogP contribution in [0.3, 0.4) is 0 Å². The fourth-order valence-corrected chi connectivity index (χ4v) is 3.16. The zero-order valence-electron chi connectivity index (χ0n) is 12.0. The number of hydrogen-bond donors (Lipinski definition) is 0. The molecule has 120 valence electrons. The van der Waals surface area contributed by atoms with Crippen LogP contribution in [0.1, 0.15) is 5.56 Å². The number of thioether (sulfide) groups is 1. The highest BCUT2D eigenvalue weighted by atomic mass is 35.5. The summed E-state index contributed by atoms with van der Waals surface area (Å²) in [6.07, 6.45) is 1.36. The third kappa shape index (κ3) is 3.04. The minimum absolute atomic E-state index is 0.129. The first-order valence-electron chi connectivity index (χ1n) is 6.74. The molecule has 1 aliphatic rings. The Morgan fingerprint density at radius 1 is 1.08 bits per heavy atom. The number of amides is 2. The Morgan fingerprint density at radius 2 is 1.75 bits per heavy atom. The van der Waals surface area contributed by atoms with Crippen molar-refractivity contribution < 1.29 is 14.5 Å². The van der Waals surface area contributed by atoms with Gasteiger partial charge >= 0.3 is 0 Å². The fourth-order valence-electron chi connectivity index (χ4n) is 2.20. The van der Waals surface area contributed by atoms with Crippen molar-refractivity contribution in [2.24, 2.45) is 0 Å². The van der Waals surface area contributed by atoms with E-state index in [2.05, 4.69) is 0 Å². The summed E-state index contributed by atoms with van der Waals surface area (Å²) in [6, 6.07) is 12.3. The number of imide groups is 1.